The van der Waals surface area contributed by atoms with Crippen LogP contribution in [0.5, 0.6) is 0 Å². The number of aromatic amines is 1. The van der Waals surface area contributed by atoms with E-state index in [1.807, 2.05) is 0 Å². The molecule has 0 saturated carbocycles. The number of H-pyrrole nitrogens is 1. The van der Waals surface area contributed by atoms with Crippen LogP contribution in [0.4, 0.5) is 26.3 Å². The molecule has 190 valence electrons. The molecule has 2 atom stereocenters. The number of halogens is 6. The molecule has 3 N–H and O–H groups in total. The quantitative estimate of drug-likeness (QED) is 0.334. The molecular weight excluding hydrogens is 484 g/mol. The summed E-state index contributed by atoms with van der Waals surface area (Å²) in [5.41, 5.74) is 2.46. The lowest BCUT2D eigenvalue weighted by atomic mass is 10.00. The summed E-state index contributed by atoms with van der Waals surface area (Å²) in [4.78, 5) is 7.79. The summed E-state index contributed by atoms with van der Waals surface area (Å²) in [6.07, 6.45) is -0.490. The Kier molecular flexibility index (Phi) is 5.34. The Morgan fingerprint density at radius 2 is 1.56 bits per heavy atom. The molecule has 0 aliphatic carbocycles. The number of nitrogens with zero attached hydrogens (tertiary/aromatic N) is 2. The van der Waals surface area contributed by atoms with Crippen molar-refractivity contribution in [1.82, 2.24) is 25.2 Å². The van der Waals surface area contributed by atoms with Gasteiger partial charge in [0.15, 0.2) is 5.82 Å². The number of benzene rings is 2. The average molecular weight is 507 g/mol. The maximum atomic E-state index is 14.0. The Morgan fingerprint density at radius 3 is 2.25 bits per heavy atom. The number of rotatable bonds is 5. The monoisotopic (exact) mass is 507 g/mol. The van der Waals surface area contributed by atoms with Gasteiger partial charge in [-0.25, -0.2) is 31.3 Å². The second-order valence-electron chi connectivity index (χ2n) is 9.83. The van der Waals surface area contributed by atoms with Crippen molar-refractivity contribution >= 4 is 21.9 Å². The predicted molar refractivity (Wildman–Crippen MR) is 123 cm³/mol. The number of fused-ring (bicyclic) bond motifs is 2. The van der Waals surface area contributed by atoms with Crippen molar-refractivity contribution in [2.45, 2.75) is 49.7 Å². The average Bonchev–Trinajstić information content (AvgIpc) is 3.52. The minimum absolute atomic E-state index is 0.135. The van der Waals surface area contributed by atoms with Gasteiger partial charge in [-0.3, -0.25) is 0 Å². The number of imidazole rings is 1. The number of nitrogens with one attached hydrogen (secondary N) is 3. The van der Waals surface area contributed by atoms with Crippen LogP contribution >= 0.6 is 0 Å². The van der Waals surface area contributed by atoms with Crippen molar-refractivity contribution in [3.05, 3.63) is 53.6 Å². The number of hydrogen-bond acceptors (Lipinski definition) is 3. The summed E-state index contributed by atoms with van der Waals surface area (Å²) in [6.45, 7) is -0.730. The van der Waals surface area contributed by atoms with E-state index >= 15 is 0 Å². The first kappa shape index (κ1) is 23.4. The highest BCUT2D eigenvalue weighted by Crippen LogP contribution is 2.37. The number of alkyl halides is 4. The number of aromatic nitrogens is 3. The van der Waals surface area contributed by atoms with Crippen LogP contribution in [0.2, 0.25) is 0 Å². The lowest BCUT2D eigenvalue weighted by Gasteiger charge is -2.16. The maximum absolute atomic E-state index is 14.0. The van der Waals surface area contributed by atoms with Gasteiger partial charge in [0.25, 0.3) is 11.8 Å². The largest absolute Gasteiger partial charge is 0.352 e. The molecule has 2 saturated heterocycles. The van der Waals surface area contributed by atoms with Gasteiger partial charge < -0.3 is 20.2 Å². The van der Waals surface area contributed by atoms with Crippen molar-refractivity contribution in [2.24, 2.45) is 0 Å². The van der Waals surface area contributed by atoms with Crippen molar-refractivity contribution in [2.75, 3.05) is 13.1 Å². The van der Waals surface area contributed by atoms with E-state index in [4.69, 9.17) is 0 Å². The highest BCUT2D eigenvalue weighted by Gasteiger charge is 2.41. The second kappa shape index (κ2) is 8.24. The fraction of sp³-hybridized carbons (Fsp3) is 0.400. The summed E-state index contributed by atoms with van der Waals surface area (Å²) in [7, 11) is 0. The zero-order valence-corrected chi connectivity index (χ0v) is 19.0. The van der Waals surface area contributed by atoms with E-state index < -0.39 is 48.7 Å². The molecule has 0 bridgehead atoms. The molecule has 2 aliphatic heterocycles. The van der Waals surface area contributed by atoms with Crippen molar-refractivity contribution in [1.29, 1.82) is 0 Å². The van der Waals surface area contributed by atoms with Crippen molar-refractivity contribution in [3.8, 4) is 11.5 Å². The zero-order chi connectivity index (χ0) is 25.2. The van der Waals surface area contributed by atoms with Crippen LogP contribution in [-0.4, -0.2) is 51.6 Å². The summed E-state index contributed by atoms with van der Waals surface area (Å²) in [6, 6.07) is 7.18. The molecule has 11 heteroatoms. The first-order valence-electron chi connectivity index (χ1n) is 11.8. The van der Waals surface area contributed by atoms with Gasteiger partial charge in [-0.2, -0.15) is 0 Å². The molecule has 6 rings (SSSR count). The first-order valence-corrected chi connectivity index (χ1v) is 11.8. The molecule has 4 aromatic rings. The van der Waals surface area contributed by atoms with E-state index in [9.17, 15) is 26.3 Å². The van der Waals surface area contributed by atoms with E-state index in [0.29, 0.717) is 39.0 Å². The normalized spacial score (nSPS) is 23.3. The smallest absolute Gasteiger partial charge is 0.261 e. The lowest BCUT2D eigenvalue weighted by molar-refractivity contribution is 0.0201. The Hall–Kier alpha value is -3.05. The summed E-state index contributed by atoms with van der Waals surface area (Å²) >= 11 is 0. The van der Waals surface area contributed by atoms with Crippen LogP contribution in [0.15, 0.2) is 36.4 Å². The summed E-state index contributed by atoms with van der Waals surface area (Å²) < 4.78 is 85.4. The molecule has 0 amide bonds. The fourth-order valence-electron chi connectivity index (χ4n) is 5.45. The van der Waals surface area contributed by atoms with Crippen LogP contribution in [-0.2, 0) is 13.0 Å². The first-order chi connectivity index (χ1) is 17.1. The van der Waals surface area contributed by atoms with Crippen molar-refractivity contribution < 1.29 is 26.3 Å². The van der Waals surface area contributed by atoms with Gasteiger partial charge in [0.05, 0.1) is 29.8 Å². The second-order valence-corrected chi connectivity index (χ2v) is 9.83. The minimum atomic E-state index is -2.84. The van der Waals surface area contributed by atoms with Crippen LogP contribution < -0.4 is 10.6 Å². The van der Waals surface area contributed by atoms with Gasteiger partial charge in [-0.1, -0.05) is 0 Å². The van der Waals surface area contributed by atoms with Gasteiger partial charge in [0.2, 0.25) is 0 Å². The molecular formula is C25H23F6N5. The van der Waals surface area contributed by atoms with Crippen LogP contribution in [0, 0.1) is 11.6 Å². The molecule has 0 spiro atoms. The van der Waals surface area contributed by atoms with Gasteiger partial charge in [0.1, 0.15) is 11.6 Å². The summed E-state index contributed by atoms with van der Waals surface area (Å²) in [5, 5.41) is 6.33. The van der Waals surface area contributed by atoms with E-state index in [1.165, 1.54) is 30.3 Å². The van der Waals surface area contributed by atoms with Crippen LogP contribution in [0.1, 0.15) is 18.4 Å². The zero-order valence-electron chi connectivity index (χ0n) is 19.0. The molecule has 4 heterocycles. The highest BCUT2D eigenvalue weighted by molar-refractivity contribution is 5.91. The molecule has 36 heavy (non-hydrogen) atoms. The summed E-state index contributed by atoms with van der Waals surface area (Å²) in [5.74, 6) is -6.28. The third kappa shape index (κ3) is 4.24. The molecule has 5 nitrogen and oxygen atoms in total. The van der Waals surface area contributed by atoms with E-state index in [0.717, 1.165) is 0 Å². The number of hydrogen-bond donors (Lipinski definition) is 3. The van der Waals surface area contributed by atoms with E-state index in [2.05, 4.69) is 20.6 Å². The fourth-order valence-corrected chi connectivity index (χ4v) is 5.45. The Balaban J connectivity index is 1.50. The molecule has 2 aromatic carbocycles. The Bertz CT molecular complexity index is 1350. The highest BCUT2D eigenvalue weighted by atomic mass is 19.3. The van der Waals surface area contributed by atoms with Gasteiger partial charge >= 0.3 is 0 Å². The van der Waals surface area contributed by atoms with Crippen molar-refractivity contribution in [3.63, 3.8) is 0 Å². The molecule has 2 aromatic heterocycles. The van der Waals surface area contributed by atoms with Gasteiger partial charge in [0, 0.05) is 48.4 Å². The minimum Gasteiger partial charge on any atom is -0.352 e. The van der Waals surface area contributed by atoms with E-state index in [-0.39, 0.29) is 25.8 Å². The lowest BCUT2D eigenvalue weighted by Crippen LogP contribution is -2.27. The van der Waals surface area contributed by atoms with Gasteiger partial charge in [-0.05, 0) is 42.3 Å². The third-order valence-corrected chi connectivity index (χ3v) is 7.04. The van der Waals surface area contributed by atoms with Gasteiger partial charge in [-0.15, -0.1) is 0 Å². The molecule has 2 aliphatic rings. The standard InChI is InChI=1S/C25H23F6N5/c26-13-1-3-17-18(7-15-8-24(28,29)11-32-15)22(34-19(17)5-13)23-35-20-6-14(27)2-4-21(20)36(23)10-16-9-25(30,31)12-33-16/h1-6,15-16,32-34H,7-12H2. The van der Waals surface area contributed by atoms with E-state index in [1.54, 1.807) is 10.6 Å². The topological polar surface area (TPSA) is 57.7 Å². The maximum Gasteiger partial charge on any atom is 0.261 e. The predicted octanol–water partition coefficient (Wildman–Crippen LogP) is 5.00. The SMILES string of the molecule is Fc1ccc2c(c1)nc(-c1[nH]c3cc(F)ccc3c1CC1CC(F)(F)CN1)n2CC1CC(F)(F)CN1. The molecule has 2 fully saturated rings. The third-order valence-electron chi connectivity index (χ3n) is 7.04. The Labute approximate surface area is 201 Å². The molecule has 0 radical (unpaired) electrons. The van der Waals surface area contributed by atoms with Crippen LogP contribution in [0.3, 0.4) is 0 Å². The van der Waals surface area contributed by atoms with Crippen LogP contribution in [0.25, 0.3) is 33.5 Å². The Morgan fingerprint density at radius 1 is 0.889 bits per heavy atom. The molecule has 2 unspecified atom stereocenters.